The minimum absolute atomic E-state index is 0. The SMILES string of the molecule is CN=C(NCCc1ccccc1Cl)NCc1ccc(-n2cccn2)cc1.I. The van der Waals surface area contributed by atoms with Crippen LogP contribution in [0.5, 0.6) is 0 Å². The molecule has 5 nitrogen and oxygen atoms in total. The highest BCUT2D eigenvalue weighted by Gasteiger charge is 2.02. The molecule has 2 N–H and O–H groups in total. The number of rotatable bonds is 6. The predicted molar refractivity (Wildman–Crippen MR) is 122 cm³/mol. The molecule has 1 aromatic heterocycles. The summed E-state index contributed by atoms with van der Waals surface area (Å²) >= 11 is 6.18. The highest BCUT2D eigenvalue weighted by Crippen LogP contribution is 2.14. The van der Waals surface area contributed by atoms with E-state index in [1.807, 2.05) is 41.2 Å². The summed E-state index contributed by atoms with van der Waals surface area (Å²) in [4.78, 5) is 4.26. The number of benzene rings is 2. The van der Waals surface area contributed by atoms with Gasteiger partial charge in [-0.25, -0.2) is 4.68 Å². The van der Waals surface area contributed by atoms with Gasteiger partial charge in [-0.05, 0) is 41.8 Å². The summed E-state index contributed by atoms with van der Waals surface area (Å²) in [5.41, 5.74) is 3.35. The molecule has 0 spiro atoms. The minimum Gasteiger partial charge on any atom is -0.356 e. The Hall–Kier alpha value is -2.06. The van der Waals surface area contributed by atoms with Crippen LogP contribution in [0.1, 0.15) is 11.1 Å². The van der Waals surface area contributed by atoms with Crippen LogP contribution in [0.2, 0.25) is 5.02 Å². The van der Waals surface area contributed by atoms with Crippen molar-refractivity contribution in [1.29, 1.82) is 0 Å². The smallest absolute Gasteiger partial charge is 0.191 e. The molecule has 2 aromatic carbocycles. The Labute approximate surface area is 181 Å². The second-order valence-corrected chi connectivity index (χ2v) is 6.22. The second kappa shape index (κ2) is 10.9. The van der Waals surface area contributed by atoms with Crippen LogP contribution in [0.15, 0.2) is 72.0 Å². The molecule has 0 amide bonds. The van der Waals surface area contributed by atoms with Gasteiger partial charge in [0.25, 0.3) is 0 Å². The fraction of sp³-hybridized carbons (Fsp3) is 0.200. The van der Waals surface area contributed by atoms with E-state index in [0.29, 0.717) is 6.54 Å². The van der Waals surface area contributed by atoms with Crippen LogP contribution in [0, 0.1) is 0 Å². The quantitative estimate of drug-likeness (QED) is 0.308. The predicted octanol–water partition coefficient (Wildman–Crippen LogP) is 4.05. The van der Waals surface area contributed by atoms with Crippen molar-refractivity contribution in [2.75, 3.05) is 13.6 Å². The van der Waals surface area contributed by atoms with E-state index in [-0.39, 0.29) is 24.0 Å². The molecule has 0 bridgehead atoms. The first-order valence-electron chi connectivity index (χ1n) is 8.53. The molecule has 27 heavy (non-hydrogen) atoms. The molecule has 0 fully saturated rings. The van der Waals surface area contributed by atoms with Gasteiger partial charge in [-0.3, -0.25) is 4.99 Å². The number of nitrogens with one attached hydrogen (secondary N) is 2. The van der Waals surface area contributed by atoms with Gasteiger partial charge in [0.15, 0.2) is 5.96 Å². The second-order valence-electron chi connectivity index (χ2n) is 5.81. The highest BCUT2D eigenvalue weighted by atomic mass is 127. The Morgan fingerprint density at radius 3 is 2.52 bits per heavy atom. The molecule has 0 aliphatic rings. The number of aliphatic imine (C=N–C) groups is 1. The van der Waals surface area contributed by atoms with Crippen molar-refractivity contribution >= 4 is 41.5 Å². The van der Waals surface area contributed by atoms with Gasteiger partial charge in [0.1, 0.15) is 0 Å². The Morgan fingerprint density at radius 2 is 1.85 bits per heavy atom. The van der Waals surface area contributed by atoms with E-state index in [1.54, 1.807) is 13.2 Å². The van der Waals surface area contributed by atoms with Gasteiger partial charge in [0, 0.05) is 37.6 Å². The van der Waals surface area contributed by atoms with E-state index in [0.717, 1.165) is 35.2 Å². The first kappa shape index (κ1) is 21.2. The lowest BCUT2D eigenvalue weighted by molar-refractivity contribution is 0.794. The Morgan fingerprint density at radius 1 is 1.07 bits per heavy atom. The number of hydrogen-bond donors (Lipinski definition) is 2. The van der Waals surface area contributed by atoms with E-state index in [2.05, 4.69) is 45.0 Å². The third-order valence-electron chi connectivity index (χ3n) is 4.03. The lowest BCUT2D eigenvalue weighted by Gasteiger charge is -2.12. The summed E-state index contributed by atoms with van der Waals surface area (Å²) in [5.74, 6) is 0.771. The van der Waals surface area contributed by atoms with Crippen LogP contribution in [0.25, 0.3) is 5.69 Å². The Balaban J connectivity index is 0.00000261. The first-order chi connectivity index (χ1) is 12.8. The fourth-order valence-corrected chi connectivity index (χ4v) is 2.84. The van der Waals surface area contributed by atoms with Gasteiger partial charge >= 0.3 is 0 Å². The first-order valence-corrected chi connectivity index (χ1v) is 8.91. The maximum Gasteiger partial charge on any atom is 0.191 e. The van der Waals surface area contributed by atoms with Crippen molar-refractivity contribution in [2.24, 2.45) is 4.99 Å². The molecule has 0 unspecified atom stereocenters. The molecule has 0 aliphatic carbocycles. The van der Waals surface area contributed by atoms with Crippen LogP contribution < -0.4 is 10.6 Å². The van der Waals surface area contributed by atoms with Crippen LogP contribution in [-0.2, 0) is 13.0 Å². The molecule has 3 rings (SSSR count). The van der Waals surface area contributed by atoms with Crippen molar-refractivity contribution in [2.45, 2.75) is 13.0 Å². The van der Waals surface area contributed by atoms with Crippen molar-refractivity contribution < 1.29 is 0 Å². The van der Waals surface area contributed by atoms with Crippen LogP contribution in [-0.4, -0.2) is 29.3 Å². The van der Waals surface area contributed by atoms with Crippen LogP contribution >= 0.6 is 35.6 Å². The molecular weight excluding hydrogens is 473 g/mol. The van der Waals surface area contributed by atoms with Crippen molar-refractivity contribution in [1.82, 2.24) is 20.4 Å². The molecule has 0 aliphatic heterocycles. The normalized spacial score (nSPS) is 11.0. The lowest BCUT2D eigenvalue weighted by atomic mass is 10.1. The van der Waals surface area contributed by atoms with Gasteiger partial charge in [-0.1, -0.05) is 41.9 Å². The average molecular weight is 496 g/mol. The van der Waals surface area contributed by atoms with Gasteiger partial charge in [-0.2, -0.15) is 5.10 Å². The summed E-state index contributed by atoms with van der Waals surface area (Å²) in [6.07, 6.45) is 4.55. The summed E-state index contributed by atoms with van der Waals surface area (Å²) in [6, 6.07) is 18.1. The monoisotopic (exact) mass is 495 g/mol. The van der Waals surface area contributed by atoms with Crippen molar-refractivity contribution in [3.05, 3.63) is 83.1 Å². The molecule has 7 heteroatoms. The van der Waals surface area contributed by atoms with Crippen molar-refractivity contribution in [3.63, 3.8) is 0 Å². The maximum atomic E-state index is 6.18. The zero-order chi connectivity index (χ0) is 18.2. The van der Waals surface area contributed by atoms with Gasteiger partial charge in [0.2, 0.25) is 0 Å². The minimum atomic E-state index is 0. The van der Waals surface area contributed by atoms with Crippen LogP contribution in [0.3, 0.4) is 0 Å². The zero-order valence-electron chi connectivity index (χ0n) is 15.1. The lowest BCUT2D eigenvalue weighted by Crippen LogP contribution is -2.37. The molecule has 0 radical (unpaired) electrons. The summed E-state index contributed by atoms with van der Waals surface area (Å²) < 4.78 is 1.84. The van der Waals surface area contributed by atoms with Crippen molar-refractivity contribution in [3.8, 4) is 5.69 Å². The molecule has 1 heterocycles. The van der Waals surface area contributed by atoms with E-state index < -0.39 is 0 Å². The van der Waals surface area contributed by atoms with E-state index in [4.69, 9.17) is 11.6 Å². The van der Waals surface area contributed by atoms with Gasteiger partial charge < -0.3 is 10.6 Å². The van der Waals surface area contributed by atoms with E-state index >= 15 is 0 Å². The molecule has 0 saturated heterocycles. The van der Waals surface area contributed by atoms with E-state index in [1.165, 1.54) is 5.56 Å². The number of nitrogens with zero attached hydrogens (tertiary/aromatic N) is 3. The summed E-state index contributed by atoms with van der Waals surface area (Å²) in [7, 11) is 1.77. The molecule has 3 aromatic rings. The third kappa shape index (κ3) is 6.25. The Kier molecular flexibility index (Phi) is 8.60. The van der Waals surface area contributed by atoms with Crippen LogP contribution in [0.4, 0.5) is 0 Å². The fourth-order valence-electron chi connectivity index (χ4n) is 2.61. The molecule has 0 saturated carbocycles. The summed E-state index contributed by atoms with van der Waals surface area (Å²) in [6.45, 7) is 1.47. The third-order valence-corrected chi connectivity index (χ3v) is 4.40. The molecule has 0 atom stereocenters. The number of aromatic nitrogens is 2. The molecule has 142 valence electrons. The standard InChI is InChI=1S/C20H22ClN5.HI/c1-22-20(23-13-11-17-5-2-3-6-19(17)21)24-15-16-7-9-18(10-8-16)26-14-4-12-25-26;/h2-10,12,14H,11,13,15H2,1H3,(H2,22,23,24);1H. The van der Waals surface area contributed by atoms with Gasteiger partial charge in [0.05, 0.1) is 5.69 Å². The maximum absolute atomic E-state index is 6.18. The molecular formula is C20H23ClIN5. The highest BCUT2D eigenvalue weighted by molar-refractivity contribution is 14.0. The Bertz CT molecular complexity index is 847. The topological polar surface area (TPSA) is 54.2 Å². The van der Waals surface area contributed by atoms with E-state index in [9.17, 15) is 0 Å². The number of hydrogen-bond acceptors (Lipinski definition) is 2. The largest absolute Gasteiger partial charge is 0.356 e. The summed E-state index contributed by atoms with van der Waals surface area (Å²) in [5, 5.41) is 11.7. The average Bonchev–Trinajstić information content (AvgIpc) is 3.21. The number of guanidine groups is 1. The number of halogens is 2. The van der Waals surface area contributed by atoms with Gasteiger partial charge in [-0.15, -0.1) is 24.0 Å². The zero-order valence-corrected chi connectivity index (χ0v) is 18.2.